The van der Waals surface area contributed by atoms with Crippen molar-refractivity contribution in [3.05, 3.63) is 34.7 Å². The molecule has 0 bridgehead atoms. The van der Waals surface area contributed by atoms with Crippen molar-refractivity contribution in [3.8, 4) is 0 Å². The van der Waals surface area contributed by atoms with Gasteiger partial charge in [0.15, 0.2) is 5.43 Å². The quantitative estimate of drug-likeness (QED) is 0.765. The first-order chi connectivity index (χ1) is 6.76. The molecule has 1 aromatic heterocycles. The van der Waals surface area contributed by atoms with Gasteiger partial charge in [0.25, 0.3) is 0 Å². The van der Waals surface area contributed by atoms with Crippen molar-refractivity contribution in [2.24, 2.45) is 0 Å². The normalized spacial score (nSPS) is 12.7. The fourth-order valence-electron chi connectivity index (χ4n) is 1.50. The molecule has 0 spiro atoms. The van der Waals surface area contributed by atoms with E-state index in [1.54, 1.807) is 12.1 Å². The average molecular weight is 194 g/mol. The van der Waals surface area contributed by atoms with Gasteiger partial charge in [0, 0.05) is 37.1 Å². The zero-order valence-electron chi connectivity index (χ0n) is 8.86. The van der Waals surface area contributed by atoms with Crippen LogP contribution >= 0.6 is 0 Å². The molecular formula is C11H18N2O. The predicted octanol–water partition coefficient (Wildman–Crippen LogP) is 1.24. The van der Waals surface area contributed by atoms with E-state index in [9.17, 15) is 4.79 Å². The fraction of sp³-hybridized carbons (Fsp3) is 0.545. The van der Waals surface area contributed by atoms with Gasteiger partial charge in [0.05, 0.1) is 0 Å². The van der Waals surface area contributed by atoms with Crippen LogP contribution in [0.3, 0.4) is 0 Å². The standard InChI is InChI=1S/C11H18N2O/c1-3-4-10(12-2)9-13-7-5-11(14)6-8-13/h5-8,10,12H,3-4,9H2,1-2H3. The number of hydrogen-bond donors (Lipinski definition) is 1. The van der Waals surface area contributed by atoms with Crippen LogP contribution in [0.5, 0.6) is 0 Å². The Labute approximate surface area is 84.8 Å². The van der Waals surface area contributed by atoms with Crippen molar-refractivity contribution in [1.29, 1.82) is 0 Å². The first kappa shape index (κ1) is 11.0. The molecule has 0 aliphatic heterocycles. The Morgan fingerprint density at radius 3 is 2.57 bits per heavy atom. The van der Waals surface area contributed by atoms with Crippen molar-refractivity contribution in [2.75, 3.05) is 7.05 Å². The summed E-state index contributed by atoms with van der Waals surface area (Å²) in [6.07, 6.45) is 6.00. The molecule has 1 aromatic rings. The lowest BCUT2D eigenvalue weighted by Crippen LogP contribution is -2.30. The molecule has 1 N–H and O–H groups in total. The number of aromatic nitrogens is 1. The van der Waals surface area contributed by atoms with E-state index >= 15 is 0 Å². The summed E-state index contributed by atoms with van der Waals surface area (Å²) >= 11 is 0. The van der Waals surface area contributed by atoms with Crippen molar-refractivity contribution in [2.45, 2.75) is 32.4 Å². The Morgan fingerprint density at radius 1 is 1.43 bits per heavy atom. The van der Waals surface area contributed by atoms with E-state index in [2.05, 4.69) is 12.2 Å². The maximum absolute atomic E-state index is 10.9. The second-order valence-electron chi connectivity index (χ2n) is 3.50. The average Bonchev–Trinajstić information content (AvgIpc) is 2.20. The van der Waals surface area contributed by atoms with Crippen LogP contribution in [0.2, 0.25) is 0 Å². The Bertz CT molecular complexity index is 299. The molecule has 14 heavy (non-hydrogen) atoms. The molecule has 1 unspecified atom stereocenters. The number of likely N-dealkylation sites (N-methyl/N-ethyl adjacent to an activating group) is 1. The molecule has 78 valence electrons. The van der Waals surface area contributed by atoms with E-state index in [1.165, 1.54) is 6.42 Å². The first-order valence-corrected chi connectivity index (χ1v) is 5.09. The lowest BCUT2D eigenvalue weighted by atomic mass is 10.1. The highest BCUT2D eigenvalue weighted by Crippen LogP contribution is 1.99. The maximum Gasteiger partial charge on any atom is 0.181 e. The summed E-state index contributed by atoms with van der Waals surface area (Å²) in [4.78, 5) is 10.9. The molecule has 0 fully saturated rings. The number of nitrogens with zero attached hydrogens (tertiary/aromatic N) is 1. The molecule has 1 heterocycles. The highest BCUT2D eigenvalue weighted by molar-refractivity contribution is 4.94. The summed E-state index contributed by atoms with van der Waals surface area (Å²) in [5.41, 5.74) is 0.0674. The molecule has 0 aliphatic rings. The van der Waals surface area contributed by atoms with Gasteiger partial charge in [-0.05, 0) is 13.5 Å². The van der Waals surface area contributed by atoms with E-state index in [0.29, 0.717) is 6.04 Å². The topological polar surface area (TPSA) is 34.0 Å². The van der Waals surface area contributed by atoms with Crippen molar-refractivity contribution in [1.82, 2.24) is 9.88 Å². The van der Waals surface area contributed by atoms with Crippen LogP contribution in [-0.2, 0) is 6.54 Å². The minimum atomic E-state index is 0.0674. The molecule has 0 saturated heterocycles. The van der Waals surface area contributed by atoms with Gasteiger partial charge in [0.1, 0.15) is 0 Å². The van der Waals surface area contributed by atoms with E-state index in [4.69, 9.17) is 0 Å². The Kier molecular flexibility index (Phi) is 4.40. The Morgan fingerprint density at radius 2 is 2.07 bits per heavy atom. The number of rotatable bonds is 5. The second kappa shape index (κ2) is 5.60. The third-order valence-corrected chi connectivity index (χ3v) is 2.34. The van der Waals surface area contributed by atoms with Crippen molar-refractivity contribution in [3.63, 3.8) is 0 Å². The van der Waals surface area contributed by atoms with E-state index in [0.717, 1.165) is 13.0 Å². The zero-order chi connectivity index (χ0) is 10.4. The fourth-order valence-corrected chi connectivity index (χ4v) is 1.50. The largest absolute Gasteiger partial charge is 0.352 e. The van der Waals surface area contributed by atoms with Crippen LogP contribution in [0, 0.1) is 0 Å². The van der Waals surface area contributed by atoms with Crippen LogP contribution in [0.1, 0.15) is 19.8 Å². The third kappa shape index (κ3) is 3.34. The molecule has 0 radical (unpaired) electrons. The SMILES string of the molecule is CCCC(Cn1ccc(=O)cc1)NC. The summed E-state index contributed by atoms with van der Waals surface area (Å²) in [5.74, 6) is 0. The molecule has 1 atom stereocenters. The Hall–Kier alpha value is -1.09. The number of hydrogen-bond acceptors (Lipinski definition) is 2. The van der Waals surface area contributed by atoms with Crippen LogP contribution in [-0.4, -0.2) is 17.7 Å². The minimum Gasteiger partial charge on any atom is -0.352 e. The van der Waals surface area contributed by atoms with Crippen molar-refractivity contribution >= 4 is 0 Å². The summed E-state index contributed by atoms with van der Waals surface area (Å²) < 4.78 is 2.04. The molecule has 0 saturated carbocycles. The summed E-state index contributed by atoms with van der Waals surface area (Å²) in [6, 6.07) is 3.68. The minimum absolute atomic E-state index is 0.0674. The summed E-state index contributed by atoms with van der Waals surface area (Å²) in [5, 5.41) is 3.27. The molecular weight excluding hydrogens is 176 g/mol. The van der Waals surface area contributed by atoms with Crippen LogP contribution in [0.4, 0.5) is 0 Å². The van der Waals surface area contributed by atoms with Crippen LogP contribution in [0.15, 0.2) is 29.3 Å². The molecule has 0 aromatic carbocycles. The van der Waals surface area contributed by atoms with E-state index in [1.807, 2.05) is 24.0 Å². The van der Waals surface area contributed by atoms with Gasteiger partial charge in [0.2, 0.25) is 0 Å². The second-order valence-corrected chi connectivity index (χ2v) is 3.50. The number of pyridine rings is 1. The van der Waals surface area contributed by atoms with Gasteiger partial charge < -0.3 is 9.88 Å². The predicted molar refractivity (Wildman–Crippen MR) is 58.5 cm³/mol. The molecule has 3 heteroatoms. The van der Waals surface area contributed by atoms with Crippen molar-refractivity contribution < 1.29 is 0 Å². The lowest BCUT2D eigenvalue weighted by molar-refractivity contribution is 0.448. The van der Waals surface area contributed by atoms with Gasteiger partial charge in [-0.1, -0.05) is 13.3 Å². The Balaban J connectivity index is 2.57. The molecule has 3 nitrogen and oxygen atoms in total. The summed E-state index contributed by atoms with van der Waals surface area (Å²) in [7, 11) is 1.98. The third-order valence-electron chi connectivity index (χ3n) is 2.34. The zero-order valence-corrected chi connectivity index (χ0v) is 8.86. The maximum atomic E-state index is 10.9. The smallest absolute Gasteiger partial charge is 0.181 e. The molecule has 0 aliphatic carbocycles. The van der Waals surface area contributed by atoms with E-state index < -0.39 is 0 Å². The summed E-state index contributed by atoms with van der Waals surface area (Å²) in [6.45, 7) is 3.10. The van der Waals surface area contributed by atoms with Crippen LogP contribution < -0.4 is 10.7 Å². The number of nitrogens with one attached hydrogen (secondary N) is 1. The van der Waals surface area contributed by atoms with Gasteiger partial charge in [-0.25, -0.2) is 0 Å². The van der Waals surface area contributed by atoms with Crippen LogP contribution in [0.25, 0.3) is 0 Å². The highest BCUT2D eigenvalue weighted by Gasteiger charge is 2.03. The van der Waals surface area contributed by atoms with Gasteiger partial charge >= 0.3 is 0 Å². The lowest BCUT2D eigenvalue weighted by Gasteiger charge is -2.16. The first-order valence-electron chi connectivity index (χ1n) is 5.09. The van der Waals surface area contributed by atoms with Gasteiger partial charge in [-0.15, -0.1) is 0 Å². The highest BCUT2D eigenvalue weighted by atomic mass is 16.1. The van der Waals surface area contributed by atoms with Gasteiger partial charge in [-0.3, -0.25) is 4.79 Å². The molecule has 1 rings (SSSR count). The van der Waals surface area contributed by atoms with E-state index in [-0.39, 0.29) is 5.43 Å². The van der Waals surface area contributed by atoms with Gasteiger partial charge in [-0.2, -0.15) is 0 Å². The molecule has 0 amide bonds. The monoisotopic (exact) mass is 194 g/mol.